The molecule has 2 atom stereocenters. The van der Waals surface area contributed by atoms with E-state index < -0.39 is 18.4 Å². The summed E-state index contributed by atoms with van der Waals surface area (Å²) in [5.74, 6) is -0.0103. The summed E-state index contributed by atoms with van der Waals surface area (Å²) < 4.78 is 22.6. The number of rotatable bonds is 7. The molecule has 6 rings (SSSR count). The van der Waals surface area contributed by atoms with E-state index >= 15 is 0 Å². The Morgan fingerprint density at radius 1 is 0.923 bits per heavy atom. The van der Waals surface area contributed by atoms with Gasteiger partial charge in [0.15, 0.2) is 6.29 Å². The summed E-state index contributed by atoms with van der Waals surface area (Å²) in [7, 11) is 1.61. The molecule has 39 heavy (non-hydrogen) atoms. The van der Waals surface area contributed by atoms with E-state index in [-0.39, 0.29) is 24.9 Å². The summed E-state index contributed by atoms with van der Waals surface area (Å²) in [6.45, 7) is 1.10. The van der Waals surface area contributed by atoms with E-state index in [4.69, 9.17) is 18.9 Å². The Bertz CT molecular complexity index is 1500. The molecule has 0 saturated carbocycles. The first-order valence-corrected chi connectivity index (χ1v) is 13.1. The van der Waals surface area contributed by atoms with E-state index in [9.17, 15) is 9.59 Å². The van der Waals surface area contributed by atoms with Crippen LogP contribution in [0.3, 0.4) is 0 Å². The molecule has 0 N–H and O–H groups in total. The van der Waals surface area contributed by atoms with Crippen LogP contribution in [0, 0.1) is 0 Å². The van der Waals surface area contributed by atoms with Crippen molar-refractivity contribution >= 4 is 22.8 Å². The van der Waals surface area contributed by atoms with Gasteiger partial charge in [0, 0.05) is 17.9 Å². The fourth-order valence-electron chi connectivity index (χ4n) is 5.46. The van der Waals surface area contributed by atoms with Gasteiger partial charge in [0.2, 0.25) is 5.91 Å². The average Bonchev–Trinajstić information content (AvgIpc) is 3.66. The lowest BCUT2D eigenvalue weighted by Crippen LogP contribution is -2.35. The van der Waals surface area contributed by atoms with Gasteiger partial charge in [-0.05, 0) is 39.6 Å². The summed E-state index contributed by atoms with van der Waals surface area (Å²) in [6.07, 6.45) is -1.13. The van der Waals surface area contributed by atoms with Crippen molar-refractivity contribution in [3.63, 3.8) is 0 Å². The molecule has 4 aromatic rings. The molecule has 2 saturated heterocycles. The van der Waals surface area contributed by atoms with Crippen LogP contribution in [0.5, 0.6) is 5.75 Å². The predicted molar refractivity (Wildman–Crippen MR) is 145 cm³/mol. The van der Waals surface area contributed by atoms with E-state index in [1.54, 1.807) is 7.11 Å². The number of hydrogen-bond donors (Lipinski definition) is 0. The summed E-state index contributed by atoms with van der Waals surface area (Å²) in [5.41, 5.74) is 3.50. The SMILES string of the molecule is COc1ccc([C@@H](CC(=O)N2C(=O)OCC2c2ccccc2)c2ccc3ccccc3c2)c(C2OCCO2)c1. The molecule has 2 fully saturated rings. The highest BCUT2D eigenvalue weighted by Gasteiger charge is 2.40. The predicted octanol–water partition coefficient (Wildman–Crippen LogP) is 6.14. The van der Waals surface area contributed by atoms with Crippen molar-refractivity contribution in [2.24, 2.45) is 0 Å². The number of imide groups is 1. The molecule has 2 heterocycles. The largest absolute Gasteiger partial charge is 0.497 e. The number of hydrogen-bond acceptors (Lipinski definition) is 6. The monoisotopic (exact) mass is 523 g/mol. The molecule has 7 nitrogen and oxygen atoms in total. The number of ether oxygens (including phenoxy) is 4. The Balaban J connectivity index is 1.43. The summed E-state index contributed by atoms with van der Waals surface area (Å²) >= 11 is 0. The van der Waals surface area contributed by atoms with Crippen LogP contribution in [0.4, 0.5) is 4.79 Å². The van der Waals surface area contributed by atoms with Crippen molar-refractivity contribution in [1.29, 1.82) is 0 Å². The lowest BCUT2D eigenvalue weighted by Gasteiger charge is -2.26. The molecule has 0 radical (unpaired) electrons. The Hall–Kier alpha value is -4.20. The molecule has 0 spiro atoms. The molecule has 4 aromatic carbocycles. The van der Waals surface area contributed by atoms with Crippen molar-refractivity contribution in [2.75, 3.05) is 26.9 Å². The van der Waals surface area contributed by atoms with E-state index in [0.29, 0.717) is 19.0 Å². The summed E-state index contributed by atoms with van der Waals surface area (Å²) in [6, 6.07) is 29.1. The highest BCUT2D eigenvalue weighted by molar-refractivity contribution is 5.94. The Kier molecular flexibility index (Phi) is 7.00. The lowest BCUT2D eigenvalue weighted by molar-refractivity contribution is -0.129. The number of carbonyl (C=O) groups excluding carboxylic acids is 2. The third-order valence-electron chi connectivity index (χ3n) is 7.43. The Morgan fingerprint density at radius 3 is 2.44 bits per heavy atom. The first-order chi connectivity index (χ1) is 19.1. The topological polar surface area (TPSA) is 74.3 Å². The smallest absolute Gasteiger partial charge is 0.417 e. The van der Waals surface area contributed by atoms with Crippen LogP contribution < -0.4 is 4.74 Å². The standard InChI is InChI=1S/C32H29NO6/c1-36-25-13-14-26(28(18-25)31-37-15-16-38-31)27(24-12-11-21-7-5-6-10-23(21)17-24)19-30(34)33-29(20-39-32(33)35)22-8-3-2-4-9-22/h2-14,17-18,27,29,31H,15-16,19-20H2,1H3/t27-,29?/m0/s1. The second kappa shape index (κ2) is 10.9. The van der Waals surface area contributed by atoms with E-state index in [1.807, 2.05) is 66.7 Å². The van der Waals surface area contributed by atoms with Crippen LogP contribution in [0.15, 0.2) is 91.0 Å². The normalized spacial score (nSPS) is 18.3. The van der Waals surface area contributed by atoms with Crippen LogP contribution >= 0.6 is 0 Å². The lowest BCUT2D eigenvalue weighted by atomic mass is 9.84. The maximum atomic E-state index is 14.0. The quantitative estimate of drug-likeness (QED) is 0.290. The van der Waals surface area contributed by atoms with E-state index in [0.717, 1.165) is 33.0 Å². The molecule has 7 heteroatoms. The van der Waals surface area contributed by atoms with E-state index in [2.05, 4.69) is 24.3 Å². The zero-order chi connectivity index (χ0) is 26.8. The highest BCUT2D eigenvalue weighted by atomic mass is 16.7. The minimum absolute atomic E-state index is 0.0584. The molecule has 0 aromatic heterocycles. The zero-order valence-electron chi connectivity index (χ0n) is 21.6. The molecule has 0 aliphatic carbocycles. The number of nitrogens with zero attached hydrogens (tertiary/aromatic N) is 1. The van der Waals surface area contributed by atoms with Gasteiger partial charge in [0.05, 0.1) is 20.3 Å². The van der Waals surface area contributed by atoms with Gasteiger partial charge in [-0.2, -0.15) is 0 Å². The first kappa shape index (κ1) is 25.1. The molecule has 0 bridgehead atoms. The Labute approximate surface area is 226 Å². The second-order valence-electron chi connectivity index (χ2n) is 9.70. The van der Waals surface area contributed by atoms with Gasteiger partial charge in [0.25, 0.3) is 0 Å². The second-order valence-corrected chi connectivity index (χ2v) is 9.70. The van der Waals surface area contributed by atoms with Gasteiger partial charge >= 0.3 is 6.09 Å². The third-order valence-corrected chi connectivity index (χ3v) is 7.43. The number of benzene rings is 4. The number of fused-ring (bicyclic) bond motifs is 1. The van der Waals surface area contributed by atoms with Gasteiger partial charge in [-0.3, -0.25) is 4.79 Å². The first-order valence-electron chi connectivity index (χ1n) is 13.1. The van der Waals surface area contributed by atoms with Crippen molar-refractivity contribution in [2.45, 2.75) is 24.7 Å². The van der Waals surface area contributed by atoms with E-state index in [1.165, 1.54) is 4.90 Å². The Morgan fingerprint density at radius 2 is 1.67 bits per heavy atom. The number of cyclic esters (lactones) is 1. The van der Waals surface area contributed by atoms with Crippen molar-refractivity contribution in [3.05, 3.63) is 113 Å². The zero-order valence-corrected chi connectivity index (χ0v) is 21.6. The summed E-state index contributed by atoms with van der Waals surface area (Å²) in [5, 5.41) is 2.18. The maximum absolute atomic E-state index is 14.0. The van der Waals surface area contributed by atoms with Gasteiger partial charge < -0.3 is 18.9 Å². The van der Waals surface area contributed by atoms with Gasteiger partial charge in [-0.1, -0.05) is 78.9 Å². The average molecular weight is 524 g/mol. The molecular weight excluding hydrogens is 494 g/mol. The number of amides is 2. The van der Waals surface area contributed by atoms with Crippen molar-refractivity contribution in [1.82, 2.24) is 4.90 Å². The number of methoxy groups -OCH3 is 1. The van der Waals surface area contributed by atoms with Crippen LogP contribution in [0.2, 0.25) is 0 Å². The van der Waals surface area contributed by atoms with Crippen LogP contribution in [0.1, 0.15) is 46.9 Å². The maximum Gasteiger partial charge on any atom is 0.417 e. The molecule has 2 aliphatic rings. The van der Waals surface area contributed by atoms with Gasteiger partial charge in [-0.25, -0.2) is 9.69 Å². The highest BCUT2D eigenvalue weighted by Crippen LogP contribution is 2.40. The van der Waals surface area contributed by atoms with Crippen LogP contribution in [-0.4, -0.2) is 43.8 Å². The van der Waals surface area contributed by atoms with Gasteiger partial charge in [0.1, 0.15) is 18.4 Å². The minimum atomic E-state index is -0.622. The molecule has 198 valence electrons. The third kappa shape index (κ3) is 4.99. The summed E-state index contributed by atoms with van der Waals surface area (Å²) in [4.78, 5) is 28.0. The van der Waals surface area contributed by atoms with Crippen molar-refractivity contribution < 1.29 is 28.5 Å². The minimum Gasteiger partial charge on any atom is -0.497 e. The van der Waals surface area contributed by atoms with Gasteiger partial charge in [-0.15, -0.1) is 0 Å². The molecule has 2 amide bonds. The van der Waals surface area contributed by atoms with Crippen LogP contribution in [0.25, 0.3) is 10.8 Å². The van der Waals surface area contributed by atoms with Crippen molar-refractivity contribution in [3.8, 4) is 5.75 Å². The number of carbonyl (C=O) groups is 2. The fraction of sp³-hybridized carbons (Fsp3) is 0.250. The molecular formula is C32H29NO6. The molecule has 1 unspecified atom stereocenters. The fourth-order valence-corrected chi connectivity index (χ4v) is 5.46. The van der Waals surface area contributed by atoms with Crippen LogP contribution in [-0.2, 0) is 19.0 Å². The molecule has 2 aliphatic heterocycles.